The number of benzene rings is 1. The van der Waals surface area contributed by atoms with Gasteiger partial charge in [-0.25, -0.2) is 4.79 Å². The van der Waals surface area contributed by atoms with Crippen LogP contribution < -0.4 is 11.1 Å². The van der Waals surface area contributed by atoms with Crippen LogP contribution in [0.25, 0.3) is 0 Å². The van der Waals surface area contributed by atoms with E-state index in [0.717, 1.165) is 12.0 Å². The van der Waals surface area contributed by atoms with Crippen molar-refractivity contribution >= 4 is 11.9 Å². The van der Waals surface area contributed by atoms with Crippen LogP contribution in [0.4, 0.5) is 4.79 Å². The molecule has 0 aliphatic heterocycles. The van der Waals surface area contributed by atoms with E-state index in [9.17, 15) is 9.59 Å². The molecule has 1 saturated carbocycles. The van der Waals surface area contributed by atoms with Crippen molar-refractivity contribution in [3.8, 4) is 0 Å². The molecule has 15 heavy (non-hydrogen) atoms. The Morgan fingerprint density at radius 3 is 2.53 bits per heavy atom. The van der Waals surface area contributed by atoms with Crippen molar-refractivity contribution in [2.45, 2.75) is 12.3 Å². The number of carbonyl (C=O) groups excluding carboxylic acids is 2. The third-order valence-electron chi connectivity index (χ3n) is 2.60. The van der Waals surface area contributed by atoms with Crippen molar-refractivity contribution in [1.29, 1.82) is 0 Å². The van der Waals surface area contributed by atoms with Gasteiger partial charge in [-0.15, -0.1) is 0 Å². The molecular formula is C11H12N2O2. The predicted molar refractivity (Wildman–Crippen MR) is 55.0 cm³/mol. The fourth-order valence-electron chi connectivity index (χ4n) is 1.77. The average Bonchev–Trinajstić information content (AvgIpc) is 2.97. The van der Waals surface area contributed by atoms with Gasteiger partial charge in [-0.05, 0) is 17.9 Å². The first kappa shape index (κ1) is 9.71. The van der Waals surface area contributed by atoms with Gasteiger partial charge in [0.2, 0.25) is 5.91 Å². The fourth-order valence-corrected chi connectivity index (χ4v) is 1.77. The highest BCUT2D eigenvalue weighted by Crippen LogP contribution is 2.47. The Hall–Kier alpha value is -1.84. The molecule has 2 unspecified atom stereocenters. The summed E-state index contributed by atoms with van der Waals surface area (Å²) in [7, 11) is 0. The summed E-state index contributed by atoms with van der Waals surface area (Å²) in [6, 6.07) is 9.01. The first-order chi connectivity index (χ1) is 7.18. The predicted octanol–water partition coefficient (Wildman–Crippen LogP) is 0.985. The Bertz CT molecular complexity index is 389. The van der Waals surface area contributed by atoms with E-state index >= 15 is 0 Å². The van der Waals surface area contributed by atoms with E-state index < -0.39 is 6.03 Å². The summed E-state index contributed by atoms with van der Waals surface area (Å²) in [5, 5.41) is 2.10. The molecule has 2 atom stereocenters. The second kappa shape index (κ2) is 3.73. The molecule has 1 aromatic carbocycles. The van der Waals surface area contributed by atoms with Crippen molar-refractivity contribution in [3.63, 3.8) is 0 Å². The van der Waals surface area contributed by atoms with Crippen LogP contribution in [-0.4, -0.2) is 11.9 Å². The average molecular weight is 204 g/mol. The van der Waals surface area contributed by atoms with Crippen molar-refractivity contribution in [1.82, 2.24) is 5.32 Å². The van der Waals surface area contributed by atoms with Gasteiger partial charge >= 0.3 is 6.03 Å². The molecule has 0 heterocycles. The molecule has 4 heteroatoms. The molecule has 0 saturated heterocycles. The Morgan fingerprint density at radius 2 is 1.93 bits per heavy atom. The molecule has 1 aromatic rings. The van der Waals surface area contributed by atoms with Crippen molar-refractivity contribution in [2.75, 3.05) is 0 Å². The first-order valence-corrected chi connectivity index (χ1v) is 4.83. The summed E-state index contributed by atoms with van der Waals surface area (Å²) in [5.41, 5.74) is 6.01. The molecule has 1 aliphatic rings. The summed E-state index contributed by atoms with van der Waals surface area (Å²) in [5.74, 6) is -0.123. The number of primary amides is 1. The molecule has 0 spiro atoms. The van der Waals surface area contributed by atoms with Crippen molar-refractivity contribution in [2.24, 2.45) is 11.7 Å². The summed E-state index contributed by atoms with van der Waals surface area (Å²) >= 11 is 0. The number of rotatable bonds is 2. The number of amides is 3. The largest absolute Gasteiger partial charge is 0.351 e. The van der Waals surface area contributed by atoms with Gasteiger partial charge < -0.3 is 5.73 Å². The van der Waals surface area contributed by atoms with Crippen LogP contribution in [0.3, 0.4) is 0 Å². The van der Waals surface area contributed by atoms with E-state index in [-0.39, 0.29) is 17.7 Å². The van der Waals surface area contributed by atoms with Crippen LogP contribution in [0, 0.1) is 5.92 Å². The molecule has 1 aliphatic carbocycles. The fraction of sp³-hybridized carbons (Fsp3) is 0.273. The Balaban J connectivity index is 1.97. The number of imide groups is 1. The van der Waals surface area contributed by atoms with Crippen molar-refractivity contribution < 1.29 is 9.59 Å². The number of urea groups is 1. The van der Waals surface area contributed by atoms with Gasteiger partial charge in [-0.2, -0.15) is 0 Å². The lowest BCUT2D eigenvalue weighted by atomic mass is 10.1. The zero-order valence-electron chi connectivity index (χ0n) is 8.14. The number of nitrogens with one attached hydrogen (secondary N) is 1. The van der Waals surface area contributed by atoms with E-state index in [0.29, 0.717) is 0 Å². The third kappa shape index (κ3) is 2.15. The van der Waals surface area contributed by atoms with Gasteiger partial charge in [-0.3, -0.25) is 10.1 Å². The third-order valence-corrected chi connectivity index (χ3v) is 2.60. The molecule has 78 valence electrons. The highest BCUT2D eigenvalue weighted by molar-refractivity contribution is 5.96. The minimum Gasteiger partial charge on any atom is -0.351 e. The van der Waals surface area contributed by atoms with Crippen LogP contribution in [0.1, 0.15) is 17.9 Å². The van der Waals surface area contributed by atoms with Gasteiger partial charge in [-0.1, -0.05) is 30.3 Å². The Labute approximate surface area is 87.5 Å². The molecule has 3 N–H and O–H groups in total. The van der Waals surface area contributed by atoms with Gasteiger partial charge in [0.25, 0.3) is 0 Å². The SMILES string of the molecule is NC(=O)NC(=O)C1CC1c1ccccc1. The van der Waals surface area contributed by atoms with E-state index in [2.05, 4.69) is 5.32 Å². The summed E-state index contributed by atoms with van der Waals surface area (Å²) in [6.07, 6.45) is 0.795. The zero-order valence-corrected chi connectivity index (χ0v) is 8.14. The van der Waals surface area contributed by atoms with Crippen LogP contribution in [0.2, 0.25) is 0 Å². The summed E-state index contributed by atoms with van der Waals surface area (Å²) in [6.45, 7) is 0. The maximum Gasteiger partial charge on any atom is 0.318 e. The zero-order chi connectivity index (χ0) is 10.8. The van der Waals surface area contributed by atoms with Crippen LogP contribution in [0.15, 0.2) is 30.3 Å². The number of carbonyl (C=O) groups is 2. The quantitative estimate of drug-likeness (QED) is 0.753. The number of hydrogen-bond acceptors (Lipinski definition) is 2. The van der Waals surface area contributed by atoms with Crippen molar-refractivity contribution in [3.05, 3.63) is 35.9 Å². The standard InChI is InChI=1S/C11H12N2O2/c12-11(15)13-10(14)9-6-8(9)7-4-2-1-3-5-7/h1-5,8-9H,6H2,(H3,12,13,14,15). The second-order valence-electron chi connectivity index (χ2n) is 3.71. The molecular weight excluding hydrogens is 192 g/mol. The first-order valence-electron chi connectivity index (χ1n) is 4.83. The topological polar surface area (TPSA) is 72.2 Å². The smallest absolute Gasteiger partial charge is 0.318 e. The molecule has 1 fully saturated rings. The van der Waals surface area contributed by atoms with Gasteiger partial charge in [0, 0.05) is 5.92 Å². The summed E-state index contributed by atoms with van der Waals surface area (Å²) < 4.78 is 0. The van der Waals surface area contributed by atoms with E-state index in [1.165, 1.54) is 0 Å². The van der Waals surface area contributed by atoms with Gasteiger partial charge in [0.1, 0.15) is 0 Å². The van der Waals surface area contributed by atoms with Crippen LogP contribution in [-0.2, 0) is 4.79 Å². The van der Waals surface area contributed by atoms with Gasteiger partial charge in [0.15, 0.2) is 0 Å². The lowest BCUT2D eigenvalue weighted by molar-refractivity contribution is -0.121. The van der Waals surface area contributed by atoms with Crippen LogP contribution in [0.5, 0.6) is 0 Å². The Kier molecular flexibility index (Phi) is 2.41. The van der Waals surface area contributed by atoms with E-state index in [1.54, 1.807) is 0 Å². The maximum absolute atomic E-state index is 11.4. The normalized spacial score (nSPS) is 23.2. The Morgan fingerprint density at radius 1 is 1.27 bits per heavy atom. The lowest BCUT2D eigenvalue weighted by Gasteiger charge is -2.00. The highest BCUT2D eigenvalue weighted by atomic mass is 16.2. The van der Waals surface area contributed by atoms with E-state index in [1.807, 2.05) is 30.3 Å². The van der Waals surface area contributed by atoms with E-state index in [4.69, 9.17) is 5.73 Å². The molecule has 0 aromatic heterocycles. The molecule has 3 amide bonds. The minimum absolute atomic E-state index is 0.0973. The molecule has 4 nitrogen and oxygen atoms in total. The lowest BCUT2D eigenvalue weighted by Crippen LogP contribution is -2.36. The maximum atomic E-state index is 11.4. The molecule has 2 rings (SSSR count). The summed E-state index contributed by atoms with van der Waals surface area (Å²) in [4.78, 5) is 21.9. The number of hydrogen-bond donors (Lipinski definition) is 2. The minimum atomic E-state index is -0.779. The van der Waals surface area contributed by atoms with Gasteiger partial charge in [0.05, 0.1) is 0 Å². The monoisotopic (exact) mass is 204 g/mol. The van der Waals surface area contributed by atoms with Crippen LogP contribution >= 0.6 is 0 Å². The molecule has 0 bridgehead atoms. The highest BCUT2D eigenvalue weighted by Gasteiger charge is 2.44. The second-order valence-corrected chi connectivity index (χ2v) is 3.71. The number of nitrogens with two attached hydrogens (primary N) is 1. The molecule has 0 radical (unpaired) electrons.